The molecule has 2 aliphatic rings. The molecule has 1 aromatic heterocycles. The van der Waals surface area contributed by atoms with Crippen molar-refractivity contribution in [3.63, 3.8) is 0 Å². The van der Waals surface area contributed by atoms with Crippen LogP contribution in [0.15, 0.2) is 93.2 Å². The molecule has 0 radical (unpaired) electrons. The molecule has 42 heavy (non-hydrogen) atoms. The lowest BCUT2D eigenvalue weighted by atomic mass is 9.83. The predicted octanol–water partition coefficient (Wildman–Crippen LogP) is 6.13. The minimum absolute atomic E-state index is 0.342. The van der Waals surface area contributed by atoms with Crippen LogP contribution in [0.4, 0.5) is 24.5 Å². The van der Waals surface area contributed by atoms with Crippen LogP contribution in [0.2, 0.25) is 0 Å². The van der Waals surface area contributed by atoms with Gasteiger partial charge in [0, 0.05) is 21.0 Å². The van der Waals surface area contributed by atoms with E-state index in [2.05, 4.69) is 21.2 Å². The number of hydrogen-bond donors (Lipinski definition) is 1. The Morgan fingerprint density at radius 1 is 0.905 bits per heavy atom. The van der Waals surface area contributed by atoms with Crippen molar-refractivity contribution in [1.82, 2.24) is 4.57 Å². The Balaban J connectivity index is 1.44. The van der Waals surface area contributed by atoms with Crippen LogP contribution >= 0.6 is 39.0 Å². The van der Waals surface area contributed by atoms with Crippen molar-refractivity contribution in [2.45, 2.75) is 28.9 Å². The highest BCUT2D eigenvalue weighted by atomic mass is 79.9. The molecule has 0 aliphatic carbocycles. The molecule has 0 saturated carbocycles. The number of thioether (sulfide) groups is 1. The van der Waals surface area contributed by atoms with E-state index in [1.54, 1.807) is 54.6 Å². The van der Waals surface area contributed by atoms with Gasteiger partial charge in [-0.3, -0.25) is 23.7 Å². The highest BCUT2D eigenvalue weighted by molar-refractivity contribution is 9.10. The molecule has 1 saturated heterocycles. The third-order valence-corrected chi connectivity index (χ3v) is 10.2. The number of para-hydroxylation sites is 2. The van der Waals surface area contributed by atoms with Crippen molar-refractivity contribution in [2.75, 3.05) is 10.2 Å². The second-order valence-corrected chi connectivity index (χ2v) is 12.7. The lowest BCUT2D eigenvalue weighted by Crippen LogP contribution is -2.33. The summed E-state index contributed by atoms with van der Waals surface area (Å²) in [6.45, 7) is -0.347. The van der Waals surface area contributed by atoms with Gasteiger partial charge < -0.3 is 5.32 Å². The number of aromatic nitrogens is 1. The number of alkyl halides is 3. The number of carbonyl (C=O) groups is 3. The summed E-state index contributed by atoms with van der Waals surface area (Å²) in [5.74, 6) is -3.92. The second-order valence-electron chi connectivity index (χ2n) is 9.66. The first kappa shape index (κ1) is 28.4. The van der Waals surface area contributed by atoms with Gasteiger partial charge in [0.15, 0.2) is 0 Å². The summed E-state index contributed by atoms with van der Waals surface area (Å²) >= 11 is 5.18. The van der Waals surface area contributed by atoms with E-state index < -0.39 is 57.1 Å². The summed E-state index contributed by atoms with van der Waals surface area (Å²) < 4.78 is 43.8. The first-order chi connectivity index (χ1) is 20.0. The lowest BCUT2D eigenvalue weighted by Gasteiger charge is -2.30. The van der Waals surface area contributed by atoms with Gasteiger partial charge in [0.1, 0.15) is 11.8 Å². The number of fused-ring (bicyclic) bond motifs is 2. The monoisotopic (exact) mass is 673 g/mol. The summed E-state index contributed by atoms with van der Waals surface area (Å²) in [7, 11) is 0. The van der Waals surface area contributed by atoms with E-state index in [0.29, 0.717) is 26.1 Å². The highest BCUT2D eigenvalue weighted by Crippen LogP contribution is 2.54. The zero-order chi connectivity index (χ0) is 29.8. The molecule has 13 heteroatoms. The number of carbonyl (C=O) groups excluding carboxylic acids is 3. The standard InChI is InChI=1S/C29H19BrF3N3O4S2/c30-16-12-10-15(11-13-16)21-22-23(26(39)36(25(22)38)19-9-5-4-8-18(19)29(31,32)33)41-27-24(21)42-28(40)35(27)14-20(37)34-17-6-2-1-3-7-17/h1-13,21-23H,14H2,(H,34,37)/t21-,22-,23+/m0/s1. The minimum Gasteiger partial charge on any atom is -0.325 e. The number of amides is 3. The van der Waals surface area contributed by atoms with E-state index >= 15 is 0 Å². The fourth-order valence-corrected chi connectivity index (χ4v) is 8.33. The van der Waals surface area contributed by atoms with Crippen LogP contribution in [0.3, 0.4) is 0 Å². The zero-order valence-corrected chi connectivity index (χ0v) is 24.5. The molecule has 214 valence electrons. The largest absolute Gasteiger partial charge is 0.418 e. The number of nitrogens with zero attached hydrogens (tertiary/aromatic N) is 2. The molecule has 3 amide bonds. The van der Waals surface area contributed by atoms with Gasteiger partial charge in [0.2, 0.25) is 17.7 Å². The number of thiazole rings is 1. The first-order valence-electron chi connectivity index (χ1n) is 12.6. The molecule has 4 aromatic rings. The third kappa shape index (κ3) is 4.99. The van der Waals surface area contributed by atoms with Gasteiger partial charge >= 0.3 is 11.0 Å². The number of anilines is 2. The fourth-order valence-electron chi connectivity index (χ4n) is 5.30. The Morgan fingerprint density at radius 3 is 2.26 bits per heavy atom. The second kappa shape index (κ2) is 10.9. The SMILES string of the molecule is O=C(Cn1c2c(sc1=O)[C@@H](c1ccc(Br)cc1)[C@@H]1C(=O)N(c3ccccc3C(F)(F)F)C(=O)[C@@H]1S2)Nc1ccccc1. The molecular weight excluding hydrogens is 655 g/mol. The topological polar surface area (TPSA) is 88.5 Å². The number of nitrogens with one attached hydrogen (secondary N) is 1. The molecular formula is C29H19BrF3N3O4S2. The quantitative estimate of drug-likeness (QED) is 0.258. The van der Waals surface area contributed by atoms with Crippen LogP contribution < -0.4 is 15.1 Å². The van der Waals surface area contributed by atoms with E-state index in [0.717, 1.165) is 39.7 Å². The Labute approximate surface area is 253 Å². The number of halogens is 4. The number of rotatable bonds is 5. The Hall–Kier alpha value is -3.68. The molecule has 0 spiro atoms. The number of imide groups is 1. The molecule has 2 aliphatic heterocycles. The van der Waals surface area contributed by atoms with Crippen LogP contribution in [0.5, 0.6) is 0 Å². The van der Waals surface area contributed by atoms with Gasteiger partial charge in [0.05, 0.1) is 22.2 Å². The van der Waals surface area contributed by atoms with Crippen LogP contribution in [-0.4, -0.2) is 27.5 Å². The van der Waals surface area contributed by atoms with Crippen LogP contribution in [0, 0.1) is 5.92 Å². The summed E-state index contributed by atoms with van der Waals surface area (Å²) in [6.07, 6.45) is -4.80. The van der Waals surface area contributed by atoms with Crippen LogP contribution in [0.1, 0.15) is 21.9 Å². The molecule has 0 unspecified atom stereocenters. The molecule has 1 fully saturated rings. The van der Waals surface area contributed by atoms with Crippen molar-refractivity contribution in [3.8, 4) is 0 Å². The lowest BCUT2D eigenvalue weighted by molar-refractivity contribution is -0.137. The maximum absolute atomic E-state index is 13.9. The van der Waals surface area contributed by atoms with E-state index in [1.807, 2.05) is 0 Å². The average Bonchev–Trinajstić information content (AvgIpc) is 3.39. The zero-order valence-electron chi connectivity index (χ0n) is 21.3. The average molecular weight is 675 g/mol. The van der Waals surface area contributed by atoms with Gasteiger partial charge in [-0.15, -0.1) is 0 Å². The fraction of sp³-hybridized carbons (Fsp3) is 0.172. The Bertz CT molecular complexity index is 1770. The van der Waals surface area contributed by atoms with Gasteiger partial charge in [-0.05, 0) is 42.0 Å². The molecule has 3 heterocycles. The number of benzene rings is 3. The van der Waals surface area contributed by atoms with Gasteiger partial charge in [-0.1, -0.05) is 81.5 Å². The maximum Gasteiger partial charge on any atom is 0.418 e. The van der Waals surface area contributed by atoms with Crippen molar-refractivity contribution < 1.29 is 27.6 Å². The van der Waals surface area contributed by atoms with Crippen molar-refractivity contribution in [1.29, 1.82) is 0 Å². The van der Waals surface area contributed by atoms with E-state index in [9.17, 15) is 32.3 Å². The summed E-state index contributed by atoms with van der Waals surface area (Å²) in [5, 5.41) is 1.96. The summed E-state index contributed by atoms with van der Waals surface area (Å²) in [5.41, 5.74) is -0.480. The molecule has 6 rings (SSSR count). The van der Waals surface area contributed by atoms with Crippen molar-refractivity contribution in [2.24, 2.45) is 5.92 Å². The Kier molecular flexibility index (Phi) is 7.36. The van der Waals surface area contributed by atoms with Crippen molar-refractivity contribution >= 4 is 68.1 Å². The van der Waals surface area contributed by atoms with Crippen LogP contribution in [-0.2, 0) is 27.1 Å². The smallest absolute Gasteiger partial charge is 0.325 e. The molecule has 3 atom stereocenters. The van der Waals surface area contributed by atoms with Gasteiger partial charge in [0.25, 0.3) is 0 Å². The van der Waals surface area contributed by atoms with E-state index in [4.69, 9.17) is 0 Å². The summed E-state index contributed by atoms with van der Waals surface area (Å²) in [6, 6.07) is 20.1. The normalized spacial score (nSPS) is 19.9. The van der Waals surface area contributed by atoms with Crippen LogP contribution in [0.25, 0.3) is 0 Å². The first-order valence-corrected chi connectivity index (χ1v) is 15.1. The number of hydrogen-bond acceptors (Lipinski definition) is 6. The highest BCUT2D eigenvalue weighted by Gasteiger charge is 2.57. The van der Waals surface area contributed by atoms with Crippen molar-refractivity contribution in [3.05, 3.63) is 109 Å². The Morgan fingerprint density at radius 2 is 1.57 bits per heavy atom. The van der Waals surface area contributed by atoms with Gasteiger partial charge in [-0.25, -0.2) is 4.90 Å². The minimum atomic E-state index is -4.80. The maximum atomic E-state index is 13.9. The molecule has 0 bridgehead atoms. The molecule has 1 N–H and O–H groups in total. The van der Waals surface area contributed by atoms with E-state index in [1.165, 1.54) is 16.7 Å². The predicted molar refractivity (Wildman–Crippen MR) is 157 cm³/mol. The van der Waals surface area contributed by atoms with Gasteiger partial charge in [-0.2, -0.15) is 13.2 Å². The third-order valence-electron chi connectivity index (χ3n) is 7.09. The molecule has 3 aromatic carbocycles. The summed E-state index contributed by atoms with van der Waals surface area (Å²) in [4.78, 5) is 54.5. The molecule has 7 nitrogen and oxygen atoms in total. The van der Waals surface area contributed by atoms with E-state index in [-0.39, 0.29) is 6.54 Å².